The van der Waals surface area contributed by atoms with Gasteiger partial charge in [0.05, 0.1) is 6.42 Å². The van der Waals surface area contributed by atoms with Crippen LogP contribution in [0.1, 0.15) is 39.5 Å². The van der Waals surface area contributed by atoms with Crippen molar-refractivity contribution in [1.82, 2.24) is 10.4 Å². The smallest absolute Gasteiger partial charge is 0.250 e. The molecule has 0 aromatic rings. The summed E-state index contributed by atoms with van der Waals surface area (Å²) < 4.78 is 27.2. The Labute approximate surface area is 118 Å². The van der Waals surface area contributed by atoms with E-state index in [1.165, 1.54) is 11.9 Å². The molecule has 1 aliphatic heterocycles. The summed E-state index contributed by atoms with van der Waals surface area (Å²) in [7, 11) is 0. The molecule has 0 aliphatic carbocycles. The fourth-order valence-corrected chi connectivity index (χ4v) is 2.12. The normalized spacial score (nSPS) is 25.2. The highest BCUT2D eigenvalue weighted by molar-refractivity contribution is 5.98. The number of halogens is 2. The summed E-state index contributed by atoms with van der Waals surface area (Å²) in [6.45, 7) is 3.72. The zero-order chi connectivity index (χ0) is 15.2. The number of allylic oxidation sites excluding steroid dienone is 1. The molecular formula is C14H22F2N2O2. The molecule has 1 atom stereocenters. The van der Waals surface area contributed by atoms with Crippen LogP contribution in [0.2, 0.25) is 0 Å². The van der Waals surface area contributed by atoms with Crippen molar-refractivity contribution >= 4 is 11.7 Å². The van der Waals surface area contributed by atoms with Crippen molar-refractivity contribution in [3.05, 3.63) is 12.2 Å². The van der Waals surface area contributed by atoms with Crippen molar-refractivity contribution in [3.8, 4) is 0 Å². The number of ketones is 1. The number of carbonyl (C=O) groups is 2. The van der Waals surface area contributed by atoms with Crippen LogP contribution in [0.5, 0.6) is 0 Å². The van der Waals surface area contributed by atoms with E-state index in [-0.39, 0.29) is 25.3 Å². The minimum atomic E-state index is -2.88. The van der Waals surface area contributed by atoms with Crippen LogP contribution in [-0.2, 0) is 9.59 Å². The number of hydrogen-bond acceptors (Lipinski definition) is 3. The van der Waals surface area contributed by atoms with Crippen molar-refractivity contribution < 1.29 is 18.4 Å². The van der Waals surface area contributed by atoms with Gasteiger partial charge in [-0.3, -0.25) is 14.6 Å². The lowest BCUT2D eigenvalue weighted by Gasteiger charge is -2.28. The summed E-state index contributed by atoms with van der Waals surface area (Å²) in [5, 5.41) is 1.28. The number of amides is 1. The molecule has 4 nitrogen and oxygen atoms in total. The predicted molar refractivity (Wildman–Crippen MR) is 72.1 cm³/mol. The largest absolute Gasteiger partial charge is 0.299 e. The number of rotatable bonds is 3. The van der Waals surface area contributed by atoms with Crippen molar-refractivity contribution in [1.29, 1.82) is 0 Å². The maximum atomic E-state index is 13.6. The first-order chi connectivity index (χ1) is 9.35. The lowest BCUT2D eigenvalue weighted by Crippen LogP contribution is -2.47. The molecule has 1 unspecified atom stereocenters. The van der Waals surface area contributed by atoms with Gasteiger partial charge in [0.25, 0.3) is 0 Å². The number of hydrazine groups is 1. The summed E-state index contributed by atoms with van der Waals surface area (Å²) >= 11 is 0. The Morgan fingerprint density at radius 1 is 1.45 bits per heavy atom. The minimum Gasteiger partial charge on any atom is -0.299 e. The van der Waals surface area contributed by atoms with Gasteiger partial charge in [-0.2, -0.15) is 0 Å². The second-order valence-corrected chi connectivity index (χ2v) is 5.17. The lowest BCUT2D eigenvalue weighted by molar-refractivity contribution is -0.142. The maximum absolute atomic E-state index is 13.6. The summed E-state index contributed by atoms with van der Waals surface area (Å²) in [6.07, 6.45) is 3.17. The average molecular weight is 288 g/mol. The second kappa shape index (κ2) is 7.47. The molecule has 114 valence electrons. The van der Waals surface area contributed by atoms with Crippen LogP contribution >= 0.6 is 0 Å². The first-order valence-corrected chi connectivity index (χ1v) is 6.91. The Morgan fingerprint density at radius 3 is 2.80 bits per heavy atom. The molecule has 1 rings (SSSR count). The van der Waals surface area contributed by atoms with E-state index in [1.807, 2.05) is 19.1 Å². The number of Topliss-reactive ketones (excluding diaryl/α,β-unsaturated/α-hetero) is 1. The van der Waals surface area contributed by atoms with E-state index >= 15 is 0 Å². The topological polar surface area (TPSA) is 49.4 Å². The van der Waals surface area contributed by atoms with Gasteiger partial charge in [-0.05, 0) is 13.3 Å². The number of nitrogens with zero attached hydrogens (tertiary/aromatic N) is 1. The minimum absolute atomic E-state index is 0.0233. The first-order valence-electron chi connectivity index (χ1n) is 6.91. The van der Waals surface area contributed by atoms with Crippen LogP contribution in [0.4, 0.5) is 8.78 Å². The summed E-state index contributed by atoms with van der Waals surface area (Å²) in [4.78, 5) is 23.8. The van der Waals surface area contributed by atoms with Crippen LogP contribution in [0, 0.1) is 5.92 Å². The second-order valence-electron chi connectivity index (χ2n) is 5.17. The van der Waals surface area contributed by atoms with Gasteiger partial charge in [-0.15, -0.1) is 0 Å². The Kier molecular flexibility index (Phi) is 6.26. The Balaban J connectivity index is 2.73. The highest BCUT2D eigenvalue weighted by Crippen LogP contribution is 2.28. The molecule has 0 saturated carbocycles. The van der Waals surface area contributed by atoms with Crippen molar-refractivity contribution in [3.63, 3.8) is 0 Å². The molecule has 1 fully saturated rings. The van der Waals surface area contributed by atoms with E-state index < -0.39 is 24.0 Å². The van der Waals surface area contributed by atoms with Crippen LogP contribution in [0.3, 0.4) is 0 Å². The maximum Gasteiger partial charge on any atom is 0.250 e. The number of alkyl halides is 2. The van der Waals surface area contributed by atoms with Crippen LogP contribution in [0.25, 0.3) is 0 Å². The predicted octanol–water partition coefficient (Wildman–Crippen LogP) is 2.31. The summed E-state index contributed by atoms with van der Waals surface area (Å²) in [5.74, 6) is -4.44. The van der Waals surface area contributed by atoms with Gasteiger partial charge in [-0.25, -0.2) is 14.2 Å². The van der Waals surface area contributed by atoms with Gasteiger partial charge in [-0.1, -0.05) is 19.1 Å². The molecule has 6 heteroatoms. The third-order valence-corrected chi connectivity index (χ3v) is 3.33. The van der Waals surface area contributed by atoms with E-state index in [9.17, 15) is 18.4 Å². The van der Waals surface area contributed by atoms with Gasteiger partial charge in [0, 0.05) is 31.8 Å². The number of nitrogens with one attached hydrogen (secondary N) is 1. The zero-order valence-corrected chi connectivity index (χ0v) is 12.0. The first kappa shape index (κ1) is 16.8. The van der Waals surface area contributed by atoms with Crippen LogP contribution < -0.4 is 5.43 Å². The van der Waals surface area contributed by atoms with Crippen molar-refractivity contribution in [2.45, 2.75) is 45.5 Å². The Morgan fingerprint density at radius 2 is 2.15 bits per heavy atom. The highest BCUT2D eigenvalue weighted by atomic mass is 19.3. The van der Waals surface area contributed by atoms with Gasteiger partial charge in [0.15, 0.2) is 0 Å². The SMILES string of the molecule is C/C=C\CCN1NCCC(F)(F)CC(C)C(=O)CC1=O. The van der Waals surface area contributed by atoms with Crippen molar-refractivity contribution in [2.75, 3.05) is 13.1 Å². The third kappa shape index (κ3) is 5.36. The average Bonchev–Trinajstić information content (AvgIpc) is 2.35. The molecule has 0 bridgehead atoms. The molecule has 0 radical (unpaired) electrons. The van der Waals surface area contributed by atoms with E-state index in [0.29, 0.717) is 13.0 Å². The highest BCUT2D eigenvalue weighted by Gasteiger charge is 2.35. The Bertz CT molecular complexity index is 383. The van der Waals surface area contributed by atoms with Crippen LogP contribution in [-0.4, -0.2) is 35.7 Å². The molecule has 0 aromatic heterocycles. The standard InChI is InChI=1S/C14H22F2N2O2/c1-3-4-5-8-18-13(20)9-12(19)11(2)10-14(15,16)6-7-17-18/h3-4,11,17H,5-10H2,1-2H3/b4-3-. The Hall–Kier alpha value is -1.30. The fourth-order valence-electron chi connectivity index (χ4n) is 2.12. The lowest BCUT2D eigenvalue weighted by atomic mass is 9.94. The summed E-state index contributed by atoms with van der Waals surface area (Å²) in [5.41, 5.74) is 2.71. The van der Waals surface area contributed by atoms with E-state index in [4.69, 9.17) is 0 Å². The van der Waals surface area contributed by atoms with Gasteiger partial charge >= 0.3 is 0 Å². The molecule has 1 amide bonds. The van der Waals surface area contributed by atoms with E-state index in [1.54, 1.807) is 0 Å². The molecule has 20 heavy (non-hydrogen) atoms. The fraction of sp³-hybridized carbons (Fsp3) is 0.714. The van der Waals surface area contributed by atoms with Gasteiger partial charge in [0.2, 0.25) is 11.8 Å². The number of hydrogen-bond donors (Lipinski definition) is 1. The zero-order valence-electron chi connectivity index (χ0n) is 12.0. The monoisotopic (exact) mass is 288 g/mol. The molecule has 1 saturated heterocycles. The third-order valence-electron chi connectivity index (χ3n) is 3.33. The van der Waals surface area contributed by atoms with Crippen molar-refractivity contribution in [2.24, 2.45) is 5.92 Å². The molecule has 1 aliphatic rings. The van der Waals surface area contributed by atoms with Crippen LogP contribution in [0.15, 0.2) is 12.2 Å². The molecule has 1 heterocycles. The van der Waals surface area contributed by atoms with Gasteiger partial charge < -0.3 is 0 Å². The van der Waals surface area contributed by atoms with E-state index in [0.717, 1.165) is 0 Å². The summed E-state index contributed by atoms with van der Waals surface area (Å²) in [6, 6.07) is 0. The van der Waals surface area contributed by atoms with E-state index in [2.05, 4.69) is 5.43 Å². The molecule has 1 N–H and O–H groups in total. The quantitative estimate of drug-likeness (QED) is 0.640. The molecule has 0 spiro atoms. The molecule has 0 aromatic carbocycles. The van der Waals surface area contributed by atoms with Gasteiger partial charge in [0.1, 0.15) is 5.78 Å². The molecular weight excluding hydrogens is 266 g/mol. The number of carbonyl (C=O) groups excluding carboxylic acids is 2.